The molecular formula is C12H8FN3O3. The average Bonchev–Trinajstić information content (AvgIpc) is 2.40. The van der Waals surface area contributed by atoms with Crippen molar-refractivity contribution in [3.63, 3.8) is 0 Å². The Hall–Kier alpha value is -2.83. The van der Waals surface area contributed by atoms with Gasteiger partial charge in [-0.05, 0) is 30.3 Å². The zero-order valence-corrected chi connectivity index (χ0v) is 9.54. The summed E-state index contributed by atoms with van der Waals surface area (Å²) in [7, 11) is 0. The summed E-state index contributed by atoms with van der Waals surface area (Å²) < 4.78 is 12.7. The summed E-state index contributed by atoms with van der Waals surface area (Å²) >= 11 is 0. The minimum atomic E-state index is -0.585. The lowest BCUT2D eigenvalue weighted by atomic mass is 10.2. The van der Waals surface area contributed by atoms with E-state index in [0.29, 0.717) is 0 Å². The van der Waals surface area contributed by atoms with Crippen molar-refractivity contribution < 1.29 is 14.1 Å². The van der Waals surface area contributed by atoms with Crippen molar-refractivity contribution in [2.24, 2.45) is 0 Å². The van der Waals surface area contributed by atoms with Gasteiger partial charge in [0.05, 0.1) is 4.92 Å². The van der Waals surface area contributed by atoms with Gasteiger partial charge in [-0.3, -0.25) is 14.9 Å². The number of nitrogens with zero attached hydrogens (tertiary/aromatic N) is 2. The second kappa shape index (κ2) is 5.21. The summed E-state index contributed by atoms with van der Waals surface area (Å²) in [6.07, 6.45) is 1.04. The first kappa shape index (κ1) is 12.6. The van der Waals surface area contributed by atoms with E-state index in [4.69, 9.17) is 0 Å². The highest BCUT2D eigenvalue weighted by Gasteiger charge is 2.09. The number of pyridine rings is 1. The Labute approximate surface area is 107 Å². The van der Waals surface area contributed by atoms with Crippen LogP contribution in [-0.2, 0) is 0 Å². The molecule has 7 heteroatoms. The number of aromatic nitrogens is 1. The normalized spacial score (nSPS) is 9.95. The van der Waals surface area contributed by atoms with Crippen molar-refractivity contribution in [1.29, 1.82) is 0 Å². The molecule has 0 aliphatic heterocycles. The third kappa shape index (κ3) is 3.09. The second-order valence-electron chi connectivity index (χ2n) is 3.62. The molecule has 0 radical (unpaired) electrons. The van der Waals surface area contributed by atoms with Gasteiger partial charge in [-0.25, -0.2) is 9.37 Å². The monoisotopic (exact) mass is 261 g/mol. The SMILES string of the molecule is O=C(Nc1ccc([N+](=O)[O-])cn1)c1ccc(F)cc1. The Morgan fingerprint density at radius 3 is 2.42 bits per heavy atom. The fourth-order valence-electron chi connectivity index (χ4n) is 1.36. The average molecular weight is 261 g/mol. The predicted molar refractivity (Wildman–Crippen MR) is 65.2 cm³/mol. The lowest BCUT2D eigenvalue weighted by molar-refractivity contribution is -0.385. The highest BCUT2D eigenvalue weighted by Crippen LogP contribution is 2.13. The van der Waals surface area contributed by atoms with Gasteiger partial charge in [-0.15, -0.1) is 0 Å². The zero-order chi connectivity index (χ0) is 13.8. The molecule has 2 rings (SSSR count). The van der Waals surface area contributed by atoms with Gasteiger partial charge in [0.25, 0.3) is 11.6 Å². The zero-order valence-electron chi connectivity index (χ0n) is 9.54. The van der Waals surface area contributed by atoms with Crippen molar-refractivity contribution >= 4 is 17.4 Å². The maximum atomic E-state index is 12.7. The van der Waals surface area contributed by atoms with E-state index in [1.165, 1.54) is 24.3 Å². The Morgan fingerprint density at radius 1 is 1.21 bits per heavy atom. The molecule has 0 aliphatic rings. The molecule has 96 valence electrons. The van der Waals surface area contributed by atoms with Crippen molar-refractivity contribution in [2.45, 2.75) is 0 Å². The number of hydrogen-bond donors (Lipinski definition) is 1. The first-order chi connectivity index (χ1) is 9.06. The number of carbonyl (C=O) groups excluding carboxylic acids is 1. The number of benzene rings is 1. The van der Waals surface area contributed by atoms with Crippen LogP contribution in [0.5, 0.6) is 0 Å². The van der Waals surface area contributed by atoms with Gasteiger partial charge < -0.3 is 5.32 Å². The lowest BCUT2D eigenvalue weighted by Gasteiger charge is -2.03. The summed E-state index contributed by atoms with van der Waals surface area (Å²) in [5.41, 5.74) is 0.0985. The summed E-state index contributed by atoms with van der Waals surface area (Å²) in [6.45, 7) is 0. The predicted octanol–water partition coefficient (Wildman–Crippen LogP) is 2.38. The van der Waals surface area contributed by atoms with Gasteiger partial charge in [0, 0.05) is 11.6 Å². The summed E-state index contributed by atoms with van der Waals surface area (Å²) in [5.74, 6) is -0.730. The van der Waals surface area contributed by atoms with Crippen LogP contribution in [0.3, 0.4) is 0 Å². The number of nitro groups is 1. The summed E-state index contributed by atoms with van der Waals surface area (Å²) in [6, 6.07) is 7.54. The Kier molecular flexibility index (Phi) is 3.46. The molecule has 1 amide bonds. The largest absolute Gasteiger partial charge is 0.307 e. The molecule has 19 heavy (non-hydrogen) atoms. The van der Waals surface area contributed by atoms with E-state index in [2.05, 4.69) is 10.3 Å². The molecule has 0 bridgehead atoms. The van der Waals surface area contributed by atoms with Gasteiger partial charge in [0.2, 0.25) is 0 Å². The van der Waals surface area contributed by atoms with Gasteiger partial charge in [0.1, 0.15) is 17.8 Å². The van der Waals surface area contributed by atoms with Crippen LogP contribution in [0.2, 0.25) is 0 Å². The van der Waals surface area contributed by atoms with E-state index in [1.54, 1.807) is 0 Å². The molecule has 0 atom stereocenters. The maximum Gasteiger partial charge on any atom is 0.287 e. The van der Waals surface area contributed by atoms with Gasteiger partial charge in [0.15, 0.2) is 0 Å². The molecule has 1 aromatic heterocycles. The van der Waals surface area contributed by atoms with Crippen LogP contribution < -0.4 is 5.32 Å². The molecule has 0 unspecified atom stereocenters. The molecule has 0 aliphatic carbocycles. The molecular weight excluding hydrogens is 253 g/mol. The Morgan fingerprint density at radius 2 is 1.89 bits per heavy atom. The van der Waals surface area contributed by atoms with Crippen LogP contribution in [0.25, 0.3) is 0 Å². The Balaban J connectivity index is 2.10. The molecule has 2 aromatic rings. The molecule has 0 saturated carbocycles. The number of nitrogens with one attached hydrogen (secondary N) is 1. The number of carbonyl (C=O) groups is 1. The molecule has 1 aromatic carbocycles. The molecule has 0 saturated heterocycles. The van der Waals surface area contributed by atoms with Crippen molar-refractivity contribution in [3.05, 3.63) is 64.1 Å². The number of anilines is 1. The maximum absolute atomic E-state index is 12.7. The molecule has 0 fully saturated rings. The van der Waals surface area contributed by atoms with Crippen LogP contribution in [-0.4, -0.2) is 15.8 Å². The number of hydrogen-bond acceptors (Lipinski definition) is 4. The van der Waals surface area contributed by atoms with E-state index in [0.717, 1.165) is 18.3 Å². The quantitative estimate of drug-likeness (QED) is 0.679. The van der Waals surface area contributed by atoms with E-state index < -0.39 is 16.6 Å². The van der Waals surface area contributed by atoms with E-state index in [1.807, 2.05) is 0 Å². The van der Waals surface area contributed by atoms with Crippen LogP contribution in [0.1, 0.15) is 10.4 Å². The first-order valence-corrected chi connectivity index (χ1v) is 5.23. The van der Waals surface area contributed by atoms with Gasteiger partial charge in [-0.2, -0.15) is 0 Å². The van der Waals surface area contributed by atoms with Gasteiger partial charge in [-0.1, -0.05) is 0 Å². The summed E-state index contributed by atoms with van der Waals surface area (Å²) in [5, 5.41) is 12.9. The van der Waals surface area contributed by atoms with Crippen LogP contribution >= 0.6 is 0 Å². The highest BCUT2D eigenvalue weighted by molar-refractivity contribution is 6.03. The second-order valence-corrected chi connectivity index (χ2v) is 3.62. The molecule has 0 spiro atoms. The number of rotatable bonds is 3. The first-order valence-electron chi connectivity index (χ1n) is 5.23. The molecule has 1 heterocycles. The fraction of sp³-hybridized carbons (Fsp3) is 0. The van der Waals surface area contributed by atoms with E-state index >= 15 is 0 Å². The third-order valence-corrected chi connectivity index (χ3v) is 2.31. The van der Waals surface area contributed by atoms with Crippen molar-refractivity contribution in [3.8, 4) is 0 Å². The Bertz CT molecular complexity index is 611. The lowest BCUT2D eigenvalue weighted by Crippen LogP contribution is -2.12. The smallest absolute Gasteiger partial charge is 0.287 e. The topological polar surface area (TPSA) is 85.1 Å². The third-order valence-electron chi connectivity index (χ3n) is 2.31. The standard InChI is InChI=1S/C12H8FN3O3/c13-9-3-1-8(2-4-9)12(17)15-11-6-5-10(7-14-11)16(18)19/h1-7H,(H,14,15,17). The highest BCUT2D eigenvalue weighted by atomic mass is 19.1. The van der Waals surface area contributed by atoms with E-state index in [-0.39, 0.29) is 17.1 Å². The van der Waals surface area contributed by atoms with Crippen molar-refractivity contribution in [2.75, 3.05) is 5.32 Å². The molecule has 1 N–H and O–H groups in total. The van der Waals surface area contributed by atoms with Crippen molar-refractivity contribution in [1.82, 2.24) is 4.98 Å². The number of amides is 1. The molecule has 6 nitrogen and oxygen atoms in total. The van der Waals surface area contributed by atoms with E-state index in [9.17, 15) is 19.3 Å². The summed E-state index contributed by atoms with van der Waals surface area (Å²) in [4.78, 5) is 25.3. The van der Waals surface area contributed by atoms with Crippen LogP contribution in [0, 0.1) is 15.9 Å². The minimum absolute atomic E-state index is 0.167. The van der Waals surface area contributed by atoms with Crippen LogP contribution in [0.4, 0.5) is 15.9 Å². The van der Waals surface area contributed by atoms with Crippen LogP contribution in [0.15, 0.2) is 42.6 Å². The fourth-order valence-corrected chi connectivity index (χ4v) is 1.36. The van der Waals surface area contributed by atoms with Gasteiger partial charge >= 0.3 is 0 Å². The number of halogens is 1. The minimum Gasteiger partial charge on any atom is -0.307 e.